The molecule has 0 spiro atoms. The maximum absolute atomic E-state index is 13.6. The lowest BCUT2D eigenvalue weighted by molar-refractivity contribution is 0.0756. The van der Waals surface area contributed by atoms with Crippen LogP contribution in [-0.4, -0.2) is 53.1 Å². The summed E-state index contributed by atoms with van der Waals surface area (Å²) in [7, 11) is 0. The molecule has 1 unspecified atom stereocenters. The highest BCUT2D eigenvalue weighted by Crippen LogP contribution is 2.30. The molecule has 1 aliphatic heterocycles. The Labute approximate surface area is 224 Å². The van der Waals surface area contributed by atoms with Gasteiger partial charge in [0, 0.05) is 38.2 Å². The van der Waals surface area contributed by atoms with Crippen molar-refractivity contribution in [2.75, 3.05) is 29.4 Å². The van der Waals surface area contributed by atoms with Crippen molar-refractivity contribution in [2.24, 2.45) is 0 Å². The number of para-hydroxylation sites is 1. The predicted molar refractivity (Wildman–Crippen MR) is 150 cm³/mol. The van der Waals surface area contributed by atoms with Gasteiger partial charge in [-0.25, -0.2) is 14.5 Å². The summed E-state index contributed by atoms with van der Waals surface area (Å²) in [5, 5.41) is 9.84. The Bertz CT molecular complexity index is 1030. The molecule has 0 radical (unpaired) electrons. The molecule has 37 heavy (non-hydrogen) atoms. The maximum Gasteiger partial charge on any atom is 0.416 e. The van der Waals surface area contributed by atoms with E-state index in [4.69, 9.17) is 4.74 Å². The number of ether oxygens (including phenoxy) is 1. The number of anilines is 2. The number of carbonyl (C=O) groups is 2. The van der Waals surface area contributed by atoms with Crippen LogP contribution in [0.4, 0.5) is 20.4 Å². The highest BCUT2D eigenvalue weighted by Gasteiger charge is 2.39. The fourth-order valence-electron chi connectivity index (χ4n) is 4.11. The van der Waals surface area contributed by atoms with Crippen molar-refractivity contribution in [3.63, 3.8) is 0 Å². The Morgan fingerprint density at radius 1 is 1.19 bits per heavy atom. The van der Waals surface area contributed by atoms with E-state index in [1.807, 2.05) is 36.4 Å². The summed E-state index contributed by atoms with van der Waals surface area (Å²) in [6.07, 6.45) is 11.5. The van der Waals surface area contributed by atoms with Crippen molar-refractivity contribution in [1.29, 1.82) is 0 Å². The van der Waals surface area contributed by atoms with Gasteiger partial charge in [0.15, 0.2) is 6.23 Å². The van der Waals surface area contributed by atoms with Gasteiger partial charge in [0.2, 0.25) is 5.13 Å². The fraction of sp³-hybridized carbons (Fsp3) is 0.500. The molecule has 8 nitrogen and oxygen atoms in total. The summed E-state index contributed by atoms with van der Waals surface area (Å²) in [5.74, 6) is 0. The van der Waals surface area contributed by atoms with E-state index in [1.54, 1.807) is 9.80 Å². The standard InChI is InChI=1S/C28H39N5O3S/c1-4-7-10-15-20-31-22-19-25(33(27(31)34)26-30-29-24(37-26)18-9-6-3)36-28(35)32(21-14-8-5-2)23-16-12-11-13-17-23/h6-7,10-13,16-17,25H,3-5,8-9,14-15,18-22H2,1-2H3. The summed E-state index contributed by atoms with van der Waals surface area (Å²) in [6, 6.07) is 9.33. The Hall–Kier alpha value is -3.20. The van der Waals surface area contributed by atoms with Crippen LogP contribution in [0.2, 0.25) is 0 Å². The van der Waals surface area contributed by atoms with Crippen LogP contribution in [0.25, 0.3) is 0 Å². The minimum absolute atomic E-state index is 0.211. The second-order valence-electron chi connectivity index (χ2n) is 8.94. The molecular weight excluding hydrogens is 486 g/mol. The van der Waals surface area contributed by atoms with Gasteiger partial charge in [-0.1, -0.05) is 74.5 Å². The molecule has 2 aromatic rings. The van der Waals surface area contributed by atoms with Crippen LogP contribution in [0.5, 0.6) is 0 Å². The third kappa shape index (κ3) is 8.15. The number of benzene rings is 1. The van der Waals surface area contributed by atoms with E-state index >= 15 is 0 Å². The minimum Gasteiger partial charge on any atom is -0.424 e. The molecule has 1 fully saturated rings. The lowest BCUT2D eigenvalue weighted by atomic mass is 10.2. The molecule has 1 aromatic heterocycles. The smallest absolute Gasteiger partial charge is 0.416 e. The number of aryl methyl sites for hydroxylation is 1. The molecule has 200 valence electrons. The average Bonchev–Trinajstić information content (AvgIpc) is 3.38. The van der Waals surface area contributed by atoms with Crippen LogP contribution < -0.4 is 9.80 Å². The van der Waals surface area contributed by atoms with Crippen molar-refractivity contribution < 1.29 is 14.3 Å². The van der Waals surface area contributed by atoms with Crippen molar-refractivity contribution >= 4 is 34.3 Å². The van der Waals surface area contributed by atoms with E-state index in [-0.39, 0.29) is 6.03 Å². The third-order valence-corrected chi connectivity index (χ3v) is 7.10. The molecule has 3 amide bonds. The van der Waals surface area contributed by atoms with Gasteiger partial charge in [0.1, 0.15) is 5.01 Å². The first-order chi connectivity index (χ1) is 18.1. The minimum atomic E-state index is -0.750. The normalized spacial score (nSPS) is 15.8. The predicted octanol–water partition coefficient (Wildman–Crippen LogP) is 6.80. The number of aromatic nitrogens is 2. The quantitative estimate of drug-likeness (QED) is 0.200. The molecule has 0 bridgehead atoms. The second kappa shape index (κ2) is 15.1. The second-order valence-corrected chi connectivity index (χ2v) is 9.98. The van der Waals surface area contributed by atoms with E-state index in [0.29, 0.717) is 37.6 Å². The Balaban J connectivity index is 1.81. The van der Waals surface area contributed by atoms with Gasteiger partial charge < -0.3 is 9.64 Å². The number of allylic oxidation sites excluding steroid dienone is 2. The van der Waals surface area contributed by atoms with Crippen LogP contribution in [0.15, 0.2) is 55.1 Å². The van der Waals surface area contributed by atoms with Gasteiger partial charge in [0.25, 0.3) is 0 Å². The molecule has 1 saturated heterocycles. The van der Waals surface area contributed by atoms with Crippen molar-refractivity contribution in [3.8, 4) is 0 Å². The molecule has 1 atom stereocenters. The fourth-order valence-corrected chi connectivity index (χ4v) is 5.00. The molecular formula is C28H39N5O3S. The monoisotopic (exact) mass is 525 g/mol. The molecule has 1 aromatic carbocycles. The maximum atomic E-state index is 13.6. The van der Waals surface area contributed by atoms with E-state index in [2.05, 4.69) is 42.8 Å². The van der Waals surface area contributed by atoms with Gasteiger partial charge in [-0.3, -0.25) is 4.90 Å². The first-order valence-electron chi connectivity index (χ1n) is 13.3. The SMILES string of the molecule is C=CCCc1nnc(N2C(=O)N(CCC=CCC)CCC2OC(=O)N(CCCCC)c2ccccc2)s1. The lowest BCUT2D eigenvalue weighted by Crippen LogP contribution is -2.57. The highest BCUT2D eigenvalue weighted by molar-refractivity contribution is 7.15. The van der Waals surface area contributed by atoms with Crippen LogP contribution in [0.1, 0.15) is 63.8 Å². The van der Waals surface area contributed by atoms with Crippen LogP contribution in [0.3, 0.4) is 0 Å². The van der Waals surface area contributed by atoms with E-state index in [0.717, 1.165) is 49.2 Å². The van der Waals surface area contributed by atoms with Gasteiger partial charge in [-0.2, -0.15) is 0 Å². The number of hydrogen-bond acceptors (Lipinski definition) is 6. The van der Waals surface area contributed by atoms with Gasteiger partial charge in [0.05, 0.1) is 0 Å². The number of nitrogens with zero attached hydrogens (tertiary/aromatic N) is 5. The van der Waals surface area contributed by atoms with Crippen LogP contribution in [0, 0.1) is 0 Å². The summed E-state index contributed by atoms with van der Waals surface area (Å²) in [6.45, 7) is 9.65. The molecule has 0 saturated carbocycles. The van der Waals surface area contributed by atoms with Crippen LogP contribution in [-0.2, 0) is 11.2 Å². The first-order valence-corrected chi connectivity index (χ1v) is 14.1. The van der Waals surface area contributed by atoms with Gasteiger partial charge in [-0.15, -0.1) is 16.8 Å². The Morgan fingerprint density at radius 2 is 2.00 bits per heavy atom. The zero-order chi connectivity index (χ0) is 26.5. The number of amides is 3. The number of rotatable bonds is 14. The first kappa shape index (κ1) is 28.4. The number of hydrogen-bond donors (Lipinski definition) is 0. The Kier molecular flexibility index (Phi) is 11.6. The van der Waals surface area contributed by atoms with E-state index in [1.165, 1.54) is 16.2 Å². The molecule has 9 heteroatoms. The topological polar surface area (TPSA) is 78.9 Å². The van der Waals surface area contributed by atoms with Crippen molar-refractivity contribution in [2.45, 2.75) is 71.4 Å². The zero-order valence-electron chi connectivity index (χ0n) is 22.1. The van der Waals surface area contributed by atoms with Gasteiger partial charge in [-0.05, 0) is 37.8 Å². The van der Waals surface area contributed by atoms with E-state index in [9.17, 15) is 9.59 Å². The summed E-state index contributed by atoms with van der Waals surface area (Å²) >= 11 is 1.36. The van der Waals surface area contributed by atoms with Gasteiger partial charge >= 0.3 is 12.1 Å². The van der Waals surface area contributed by atoms with Crippen LogP contribution >= 0.6 is 11.3 Å². The summed E-state index contributed by atoms with van der Waals surface area (Å²) in [5.41, 5.74) is 0.782. The number of urea groups is 1. The molecule has 0 aliphatic carbocycles. The highest BCUT2D eigenvalue weighted by atomic mass is 32.1. The molecule has 2 heterocycles. The molecule has 1 aliphatic rings. The van der Waals surface area contributed by atoms with E-state index < -0.39 is 12.3 Å². The summed E-state index contributed by atoms with van der Waals surface area (Å²) in [4.78, 5) is 32.0. The molecule has 3 rings (SSSR count). The largest absolute Gasteiger partial charge is 0.424 e. The lowest BCUT2D eigenvalue weighted by Gasteiger charge is -2.39. The van der Waals surface area contributed by atoms with Crippen molar-refractivity contribution in [3.05, 3.63) is 60.1 Å². The zero-order valence-corrected chi connectivity index (χ0v) is 22.9. The van der Waals surface area contributed by atoms with Crippen molar-refractivity contribution in [1.82, 2.24) is 15.1 Å². The number of unbranched alkanes of at least 4 members (excludes halogenated alkanes) is 2. The third-order valence-electron chi connectivity index (χ3n) is 6.11. The Morgan fingerprint density at radius 3 is 2.73 bits per heavy atom. The summed E-state index contributed by atoms with van der Waals surface area (Å²) < 4.78 is 6.03. The molecule has 0 N–H and O–H groups in total. The average molecular weight is 526 g/mol. The number of carbonyl (C=O) groups excluding carboxylic acids is 2.